The highest BCUT2D eigenvalue weighted by atomic mass is 79.9. The zero-order chi connectivity index (χ0) is 17.4. The van der Waals surface area contributed by atoms with Gasteiger partial charge in [-0.25, -0.2) is 0 Å². The van der Waals surface area contributed by atoms with E-state index in [9.17, 15) is 4.79 Å². The Morgan fingerprint density at radius 1 is 1.04 bits per heavy atom. The van der Waals surface area contributed by atoms with Gasteiger partial charge >= 0.3 is 0 Å². The molecule has 122 valence electrons. The lowest BCUT2D eigenvalue weighted by atomic mass is 10.1. The summed E-state index contributed by atoms with van der Waals surface area (Å²) in [6.45, 7) is 0.819. The number of carbonyl (C=O) groups is 1. The lowest BCUT2D eigenvalue weighted by Gasteiger charge is -2.08. The molecular weight excluding hydrogens is 372 g/mol. The number of nitrogens with two attached hydrogens (primary N) is 1. The summed E-state index contributed by atoms with van der Waals surface area (Å²) < 4.78 is 12.1. The van der Waals surface area contributed by atoms with Crippen molar-refractivity contribution < 1.29 is 14.3 Å². The SMILES string of the molecule is N#C/C(=C\c1ccc(OCCOc2ccc(Br)cc2)cc1)C(N)=O. The highest BCUT2D eigenvalue weighted by Gasteiger charge is 2.03. The Balaban J connectivity index is 1.83. The Morgan fingerprint density at radius 3 is 2.00 bits per heavy atom. The zero-order valence-corrected chi connectivity index (χ0v) is 14.3. The molecule has 2 aromatic carbocycles. The molecule has 0 bridgehead atoms. The quantitative estimate of drug-likeness (QED) is 0.449. The lowest BCUT2D eigenvalue weighted by Crippen LogP contribution is -2.12. The number of nitriles is 1. The number of amides is 1. The predicted octanol–water partition coefficient (Wildman–Crippen LogP) is 3.30. The summed E-state index contributed by atoms with van der Waals surface area (Å²) in [4.78, 5) is 11.0. The van der Waals surface area contributed by atoms with Gasteiger partial charge in [0.05, 0.1) is 0 Å². The molecule has 0 heterocycles. The highest BCUT2D eigenvalue weighted by Crippen LogP contribution is 2.17. The van der Waals surface area contributed by atoms with E-state index in [4.69, 9.17) is 20.5 Å². The maximum atomic E-state index is 11.0. The van der Waals surface area contributed by atoms with E-state index in [1.54, 1.807) is 30.3 Å². The molecular formula is C18H15BrN2O3. The van der Waals surface area contributed by atoms with Crippen LogP contribution >= 0.6 is 15.9 Å². The second kappa shape index (κ2) is 8.75. The van der Waals surface area contributed by atoms with Crippen LogP contribution in [-0.2, 0) is 4.79 Å². The summed E-state index contributed by atoms with van der Waals surface area (Å²) in [6.07, 6.45) is 1.43. The third-order valence-corrected chi connectivity index (χ3v) is 3.54. The second-order valence-corrected chi connectivity index (χ2v) is 5.67. The minimum atomic E-state index is -0.747. The van der Waals surface area contributed by atoms with Crippen LogP contribution in [0.5, 0.6) is 11.5 Å². The Bertz CT molecular complexity index is 762. The molecule has 2 N–H and O–H groups in total. The Morgan fingerprint density at radius 2 is 1.54 bits per heavy atom. The summed E-state index contributed by atoms with van der Waals surface area (Å²) >= 11 is 3.36. The van der Waals surface area contributed by atoms with E-state index in [2.05, 4.69) is 15.9 Å². The van der Waals surface area contributed by atoms with Crippen molar-refractivity contribution in [3.8, 4) is 17.6 Å². The zero-order valence-electron chi connectivity index (χ0n) is 12.7. The average Bonchev–Trinajstić information content (AvgIpc) is 2.59. The van der Waals surface area contributed by atoms with Crippen LogP contribution in [0.15, 0.2) is 58.6 Å². The van der Waals surface area contributed by atoms with Crippen LogP contribution < -0.4 is 15.2 Å². The molecule has 0 saturated carbocycles. The van der Waals surface area contributed by atoms with Gasteiger partial charge < -0.3 is 15.2 Å². The third kappa shape index (κ3) is 5.45. The normalized spacial score (nSPS) is 10.8. The summed E-state index contributed by atoms with van der Waals surface area (Å²) in [7, 11) is 0. The fourth-order valence-electron chi connectivity index (χ4n) is 1.84. The van der Waals surface area contributed by atoms with E-state index in [1.165, 1.54) is 6.08 Å². The van der Waals surface area contributed by atoms with Crippen LogP contribution in [0, 0.1) is 11.3 Å². The maximum Gasteiger partial charge on any atom is 0.259 e. The van der Waals surface area contributed by atoms with Crippen LogP contribution in [-0.4, -0.2) is 19.1 Å². The van der Waals surface area contributed by atoms with E-state index in [-0.39, 0.29) is 5.57 Å². The first kappa shape index (κ1) is 17.6. The van der Waals surface area contributed by atoms with Crippen molar-refractivity contribution in [2.45, 2.75) is 0 Å². The van der Waals surface area contributed by atoms with Crippen LogP contribution in [0.3, 0.4) is 0 Å². The first-order valence-corrected chi connectivity index (χ1v) is 7.90. The van der Waals surface area contributed by atoms with E-state index < -0.39 is 5.91 Å². The Hall–Kier alpha value is -2.78. The molecule has 6 heteroatoms. The molecule has 0 aliphatic carbocycles. The summed E-state index contributed by atoms with van der Waals surface area (Å²) in [5.41, 5.74) is 5.70. The van der Waals surface area contributed by atoms with E-state index in [0.29, 0.717) is 24.5 Å². The Kier molecular flexibility index (Phi) is 6.41. The highest BCUT2D eigenvalue weighted by molar-refractivity contribution is 9.10. The molecule has 0 fully saturated rings. The number of primary amides is 1. The number of rotatable bonds is 7. The van der Waals surface area contributed by atoms with Gasteiger partial charge in [-0.3, -0.25) is 4.79 Å². The van der Waals surface area contributed by atoms with Crippen LogP contribution in [0.2, 0.25) is 0 Å². The van der Waals surface area contributed by atoms with Crippen molar-refractivity contribution in [2.75, 3.05) is 13.2 Å². The standard InChI is InChI=1S/C18H15BrN2O3/c19-15-3-7-17(8-4-15)24-10-9-23-16-5-1-13(2-6-16)11-14(12-20)18(21)22/h1-8,11H,9-10H2,(H2,21,22)/b14-11+. The summed E-state index contributed by atoms with van der Waals surface area (Å²) in [5, 5.41) is 8.80. The minimum Gasteiger partial charge on any atom is -0.490 e. The molecule has 1 amide bonds. The topological polar surface area (TPSA) is 85.3 Å². The maximum absolute atomic E-state index is 11.0. The Labute approximate surface area is 148 Å². The van der Waals surface area contributed by atoms with Crippen molar-refractivity contribution in [1.29, 1.82) is 5.26 Å². The molecule has 0 unspecified atom stereocenters. The number of hydrogen-bond donors (Lipinski definition) is 1. The fraction of sp³-hybridized carbons (Fsp3) is 0.111. The molecule has 0 aliphatic rings. The third-order valence-electron chi connectivity index (χ3n) is 3.01. The molecule has 2 rings (SSSR count). The first-order chi connectivity index (χ1) is 11.6. The molecule has 2 aromatic rings. The largest absolute Gasteiger partial charge is 0.490 e. The van der Waals surface area contributed by atoms with Crippen molar-refractivity contribution in [1.82, 2.24) is 0 Å². The molecule has 24 heavy (non-hydrogen) atoms. The van der Waals surface area contributed by atoms with E-state index in [1.807, 2.05) is 24.3 Å². The van der Waals surface area contributed by atoms with Gasteiger partial charge in [-0.2, -0.15) is 5.26 Å². The second-order valence-electron chi connectivity index (χ2n) is 4.75. The van der Waals surface area contributed by atoms with Gasteiger partial charge in [0, 0.05) is 4.47 Å². The van der Waals surface area contributed by atoms with Crippen molar-refractivity contribution in [2.24, 2.45) is 5.73 Å². The molecule has 5 nitrogen and oxygen atoms in total. The van der Waals surface area contributed by atoms with Gasteiger partial charge in [0.2, 0.25) is 0 Å². The van der Waals surface area contributed by atoms with Gasteiger partial charge in [-0.15, -0.1) is 0 Å². The minimum absolute atomic E-state index is 0.0911. The van der Waals surface area contributed by atoms with Crippen LogP contribution in [0.1, 0.15) is 5.56 Å². The number of carbonyl (C=O) groups excluding carboxylic acids is 1. The van der Waals surface area contributed by atoms with Gasteiger partial charge in [0.15, 0.2) is 0 Å². The smallest absolute Gasteiger partial charge is 0.259 e. The molecule has 0 aliphatic heterocycles. The van der Waals surface area contributed by atoms with Crippen LogP contribution in [0.25, 0.3) is 6.08 Å². The molecule has 0 aromatic heterocycles. The van der Waals surface area contributed by atoms with Gasteiger partial charge in [-0.1, -0.05) is 28.1 Å². The molecule has 0 radical (unpaired) electrons. The monoisotopic (exact) mass is 386 g/mol. The number of hydrogen-bond acceptors (Lipinski definition) is 4. The number of halogens is 1. The predicted molar refractivity (Wildman–Crippen MR) is 94.4 cm³/mol. The van der Waals surface area contributed by atoms with E-state index in [0.717, 1.165) is 10.2 Å². The van der Waals surface area contributed by atoms with Gasteiger partial charge in [-0.05, 0) is 48.0 Å². The number of ether oxygens (including phenoxy) is 2. The molecule has 0 atom stereocenters. The van der Waals surface area contributed by atoms with Crippen molar-refractivity contribution in [3.05, 3.63) is 64.1 Å². The van der Waals surface area contributed by atoms with Crippen molar-refractivity contribution >= 4 is 27.9 Å². The average molecular weight is 387 g/mol. The molecule has 0 saturated heterocycles. The summed E-state index contributed by atoms with van der Waals surface area (Å²) in [6, 6.07) is 16.3. The van der Waals surface area contributed by atoms with Gasteiger partial charge in [0.1, 0.15) is 36.4 Å². The van der Waals surface area contributed by atoms with Gasteiger partial charge in [0.25, 0.3) is 5.91 Å². The first-order valence-electron chi connectivity index (χ1n) is 7.11. The lowest BCUT2D eigenvalue weighted by molar-refractivity contribution is -0.114. The van der Waals surface area contributed by atoms with Crippen LogP contribution in [0.4, 0.5) is 0 Å². The van der Waals surface area contributed by atoms with Crippen molar-refractivity contribution in [3.63, 3.8) is 0 Å². The van der Waals surface area contributed by atoms with E-state index >= 15 is 0 Å². The fourth-order valence-corrected chi connectivity index (χ4v) is 2.10. The summed E-state index contributed by atoms with van der Waals surface area (Å²) in [5.74, 6) is 0.699. The number of nitrogens with zero attached hydrogens (tertiary/aromatic N) is 1. The number of benzene rings is 2. The molecule has 0 spiro atoms.